The fourth-order valence-electron chi connectivity index (χ4n) is 3.01. The van der Waals surface area contributed by atoms with Crippen molar-refractivity contribution in [3.63, 3.8) is 0 Å². The molecule has 0 unspecified atom stereocenters. The second-order valence-corrected chi connectivity index (χ2v) is 8.25. The van der Waals surface area contributed by atoms with Crippen molar-refractivity contribution in [1.82, 2.24) is 9.21 Å². The van der Waals surface area contributed by atoms with Gasteiger partial charge in [0.05, 0.1) is 12.0 Å². The van der Waals surface area contributed by atoms with E-state index >= 15 is 0 Å². The van der Waals surface area contributed by atoms with Crippen LogP contribution in [0.15, 0.2) is 59.5 Å². The van der Waals surface area contributed by atoms with Crippen molar-refractivity contribution >= 4 is 16.1 Å². The summed E-state index contributed by atoms with van der Waals surface area (Å²) < 4.78 is 45.6. The molecule has 27 heavy (non-hydrogen) atoms. The van der Waals surface area contributed by atoms with E-state index in [1.807, 2.05) is 30.3 Å². The molecule has 0 radical (unpaired) electrons. The number of hydrogen-bond donors (Lipinski definition) is 0. The van der Waals surface area contributed by atoms with Gasteiger partial charge in [0.1, 0.15) is 0 Å². The van der Waals surface area contributed by atoms with Gasteiger partial charge in [-0.15, -0.1) is 0 Å². The number of halogens is 1. The van der Waals surface area contributed by atoms with Crippen LogP contribution in [-0.4, -0.2) is 57.5 Å². The Bertz CT molecular complexity index is 893. The van der Waals surface area contributed by atoms with E-state index in [0.717, 1.165) is 18.2 Å². The van der Waals surface area contributed by atoms with Crippen molar-refractivity contribution < 1.29 is 17.5 Å². The van der Waals surface area contributed by atoms with E-state index in [4.69, 9.17) is 4.74 Å². The molecule has 0 spiro atoms. The van der Waals surface area contributed by atoms with Crippen molar-refractivity contribution in [3.05, 3.63) is 66.0 Å². The van der Waals surface area contributed by atoms with Crippen molar-refractivity contribution in [2.75, 3.05) is 39.8 Å². The minimum atomic E-state index is -3.70. The summed E-state index contributed by atoms with van der Waals surface area (Å²) >= 11 is 0. The van der Waals surface area contributed by atoms with Crippen molar-refractivity contribution in [3.8, 4) is 5.75 Å². The Labute approximate surface area is 159 Å². The van der Waals surface area contributed by atoms with Crippen LogP contribution >= 0.6 is 0 Å². The molecule has 1 fully saturated rings. The summed E-state index contributed by atoms with van der Waals surface area (Å²) in [6.45, 7) is 2.80. The number of sulfonamides is 1. The van der Waals surface area contributed by atoms with E-state index in [2.05, 4.69) is 17.1 Å². The van der Waals surface area contributed by atoms with Crippen LogP contribution in [0.4, 0.5) is 4.39 Å². The standard InChI is InChI=1S/C20H23FN2O3S/c1-26-20-10-9-18(16-19(20)21)27(24,25)23-14-12-22(13-15-23)11-5-8-17-6-3-2-4-7-17/h2-10,16H,11-15H2,1H3/b8-5+. The Morgan fingerprint density at radius 1 is 1.07 bits per heavy atom. The van der Waals surface area contributed by atoms with Crippen molar-refractivity contribution in [2.24, 2.45) is 0 Å². The van der Waals surface area contributed by atoms with Crippen LogP contribution in [0.5, 0.6) is 5.75 Å². The first-order valence-electron chi connectivity index (χ1n) is 8.78. The molecule has 1 aliphatic heterocycles. The van der Waals surface area contributed by atoms with Gasteiger partial charge in [0.15, 0.2) is 11.6 Å². The largest absolute Gasteiger partial charge is 0.494 e. The maximum absolute atomic E-state index is 13.9. The molecule has 0 N–H and O–H groups in total. The Kier molecular flexibility index (Phi) is 6.26. The molecule has 1 saturated heterocycles. The summed E-state index contributed by atoms with van der Waals surface area (Å²) in [4.78, 5) is 2.15. The zero-order valence-electron chi connectivity index (χ0n) is 15.2. The van der Waals surface area contributed by atoms with Crippen molar-refractivity contribution in [2.45, 2.75) is 4.90 Å². The van der Waals surface area contributed by atoms with Gasteiger partial charge in [-0.05, 0) is 23.8 Å². The zero-order chi connectivity index (χ0) is 19.3. The van der Waals surface area contributed by atoms with Crippen LogP contribution < -0.4 is 4.74 Å². The average molecular weight is 390 g/mol. The molecule has 2 aromatic rings. The highest BCUT2D eigenvalue weighted by Crippen LogP contribution is 2.23. The quantitative estimate of drug-likeness (QED) is 0.761. The highest BCUT2D eigenvalue weighted by Gasteiger charge is 2.28. The van der Waals surface area contributed by atoms with E-state index in [9.17, 15) is 12.8 Å². The molecule has 0 bridgehead atoms. The minimum absolute atomic E-state index is 0.0315. The topological polar surface area (TPSA) is 49.9 Å². The van der Waals surface area contributed by atoms with Gasteiger partial charge in [0.2, 0.25) is 10.0 Å². The van der Waals surface area contributed by atoms with E-state index in [1.165, 1.54) is 23.5 Å². The smallest absolute Gasteiger partial charge is 0.243 e. The molecule has 144 valence electrons. The Balaban J connectivity index is 1.58. The van der Waals surface area contributed by atoms with Gasteiger partial charge < -0.3 is 4.74 Å². The molecule has 1 aliphatic rings. The van der Waals surface area contributed by atoms with Crippen LogP contribution in [0.25, 0.3) is 6.08 Å². The van der Waals surface area contributed by atoms with Crippen LogP contribution in [-0.2, 0) is 10.0 Å². The second kappa shape index (κ2) is 8.65. The predicted octanol–water partition coefficient (Wildman–Crippen LogP) is 2.85. The number of benzene rings is 2. The lowest BCUT2D eigenvalue weighted by Crippen LogP contribution is -2.48. The van der Waals surface area contributed by atoms with Crippen LogP contribution in [0.2, 0.25) is 0 Å². The predicted molar refractivity (Wildman–Crippen MR) is 104 cm³/mol. The highest BCUT2D eigenvalue weighted by molar-refractivity contribution is 7.89. The lowest BCUT2D eigenvalue weighted by atomic mass is 10.2. The molecule has 0 amide bonds. The Hall–Kier alpha value is -2.22. The van der Waals surface area contributed by atoms with Gasteiger partial charge in [-0.25, -0.2) is 12.8 Å². The highest BCUT2D eigenvalue weighted by atomic mass is 32.2. The van der Waals surface area contributed by atoms with Crippen LogP contribution in [0.1, 0.15) is 5.56 Å². The van der Waals surface area contributed by atoms with Gasteiger partial charge in [-0.1, -0.05) is 42.5 Å². The number of ether oxygens (including phenoxy) is 1. The summed E-state index contributed by atoms with van der Waals surface area (Å²) in [5.74, 6) is -0.646. The molecule has 5 nitrogen and oxygen atoms in total. The number of methoxy groups -OCH3 is 1. The number of rotatable bonds is 6. The molecular weight excluding hydrogens is 367 g/mol. The molecule has 0 aliphatic carbocycles. The Morgan fingerprint density at radius 2 is 1.78 bits per heavy atom. The van der Waals surface area contributed by atoms with Gasteiger partial charge in [0, 0.05) is 32.7 Å². The fraction of sp³-hybridized carbons (Fsp3) is 0.300. The Morgan fingerprint density at radius 3 is 2.41 bits per heavy atom. The normalized spacial score (nSPS) is 16.7. The zero-order valence-corrected chi connectivity index (χ0v) is 16.0. The third kappa shape index (κ3) is 4.74. The van der Waals surface area contributed by atoms with E-state index in [0.29, 0.717) is 26.2 Å². The summed E-state index contributed by atoms with van der Waals surface area (Å²) in [6.07, 6.45) is 4.14. The molecule has 7 heteroatoms. The number of piperazine rings is 1. The lowest BCUT2D eigenvalue weighted by Gasteiger charge is -2.33. The maximum atomic E-state index is 13.9. The molecule has 3 rings (SSSR count). The third-order valence-electron chi connectivity index (χ3n) is 4.57. The van der Waals surface area contributed by atoms with Gasteiger partial charge >= 0.3 is 0 Å². The molecular formula is C20H23FN2O3S. The summed E-state index contributed by atoms with van der Waals surface area (Å²) in [5, 5.41) is 0. The molecule has 0 aromatic heterocycles. The van der Waals surface area contributed by atoms with Gasteiger partial charge in [-0.2, -0.15) is 4.31 Å². The first-order chi connectivity index (χ1) is 13.0. The van der Waals surface area contributed by atoms with Crippen LogP contribution in [0, 0.1) is 5.82 Å². The second-order valence-electron chi connectivity index (χ2n) is 6.31. The maximum Gasteiger partial charge on any atom is 0.243 e. The summed E-state index contributed by atoms with van der Waals surface area (Å²) in [6, 6.07) is 13.8. The van der Waals surface area contributed by atoms with E-state index in [1.54, 1.807) is 0 Å². The monoisotopic (exact) mass is 390 g/mol. The lowest BCUT2D eigenvalue weighted by molar-refractivity contribution is 0.204. The van der Waals surface area contributed by atoms with Crippen molar-refractivity contribution in [1.29, 1.82) is 0 Å². The number of nitrogens with zero attached hydrogens (tertiary/aromatic N) is 2. The molecule has 0 saturated carbocycles. The number of hydrogen-bond acceptors (Lipinski definition) is 4. The molecule has 1 heterocycles. The summed E-state index contributed by atoms with van der Waals surface area (Å²) in [5.41, 5.74) is 1.14. The fourth-order valence-corrected chi connectivity index (χ4v) is 4.45. The first kappa shape index (κ1) is 19.5. The summed E-state index contributed by atoms with van der Waals surface area (Å²) in [7, 11) is -2.36. The van der Waals surface area contributed by atoms with E-state index < -0.39 is 15.8 Å². The SMILES string of the molecule is COc1ccc(S(=O)(=O)N2CCN(C/C=C/c3ccccc3)CC2)cc1F. The van der Waals surface area contributed by atoms with Crippen LogP contribution in [0.3, 0.4) is 0 Å². The third-order valence-corrected chi connectivity index (χ3v) is 6.46. The average Bonchev–Trinajstić information content (AvgIpc) is 2.69. The molecule has 0 atom stereocenters. The minimum Gasteiger partial charge on any atom is -0.494 e. The first-order valence-corrected chi connectivity index (χ1v) is 10.2. The van der Waals surface area contributed by atoms with E-state index in [-0.39, 0.29) is 10.6 Å². The van der Waals surface area contributed by atoms with Gasteiger partial charge in [-0.3, -0.25) is 4.90 Å². The van der Waals surface area contributed by atoms with Gasteiger partial charge in [0.25, 0.3) is 0 Å². The molecule has 2 aromatic carbocycles.